The summed E-state index contributed by atoms with van der Waals surface area (Å²) in [6.45, 7) is 5.56. The maximum Gasteiger partial charge on any atom is 0.247 e. The molecule has 1 N–H and O–H groups in total. The second-order valence-electron chi connectivity index (χ2n) is 6.29. The molecular weight excluding hydrogens is 262 g/mol. The molecule has 1 aliphatic rings. The Morgan fingerprint density at radius 2 is 2.24 bits per heavy atom. The molecule has 1 saturated carbocycles. The van der Waals surface area contributed by atoms with E-state index in [1.54, 1.807) is 0 Å². The molecular formula is C17H23N3O. The number of aromatic nitrogens is 2. The Kier molecular flexibility index (Phi) is 4.23. The van der Waals surface area contributed by atoms with Gasteiger partial charge in [0.15, 0.2) is 0 Å². The van der Waals surface area contributed by atoms with Crippen molar-refractivity contribution in [2.24, 2.45) is 11.8 Å². The summed E-state index contributed by atoms with van der Waals surface area (Å²) in [6, 6.07) is 6.24. The number of aryl methyl sites for hydroxylation is 1. The third-order valence-corrected chi connectivity index (χ3v) is 4.46. The predicted octanol–water partition coefficient (Wildman–Crippen LogP) is 4.28. The van der Waals surface area contributed by atoms with Gasteiger partial charge in [0.2, 0.25) is 12.3 Å². The summed E-state index contributed by atoms with van der Waals surface area (Å²) in [6.07, 6.45) is 6.85. The number of rotatable bonds is 4. The Balaban J connectivity index is 1.63. The van der Waals surface area contributed by atoms with E-state index in [-0.39, 0.29) is 0 Å². The van der Waals surface area contributed by atoms with E-state index in [1.807, 2.05) is 6.07 Å². The highest BCUT2D eigenvalue weighted by molar-refractivity contribution is 5.62. The van der Waals surface area contributed by atoms with Crippen molar-refractivity contribution < 1.29 is 4.42 Å². The average molecular weight is 285 g/mol. The van der Waals surface area contributed by atoms with E-state index in [0.717, 1.165) is 23.9 Å². The van der Waals surface area contributed by atoms with E-state index in [9.17, 15) is 0 Å². The number of hydrogen-bond donors (Lipinski definition) is 1. The van der Waals surface area contributed by atoms with Gasteiger partial charge < -0.3 is 9.73 Å². The molecule has 2 atom stereocenters. The number of nitrogens with zero attached hydrogens (tertiary/aromatic N) is 2. The van der Waals surface area contributed by atoms with Crippen molar-refractivity contribution in [2.75, 3.05) is 11.9 Å². The van der Waals surface area contributed by atoms with Gasteiger partial charge in [0.1, 0.15) is 0 Å². The lowest BCUT2D eigenvalue weighted by molar-refractivity contribution is 0.293. The zero-order chi connectivity index (χ0) is 14.7. The molecule has 112 valence electrons. The Labute approximate surface area is 126 Å². The van der Waals surface area contributed by atoms with E-state index in [1.165, 1.54) is 43.3 Å². The van der Waals surface area contributed by atoms with Crippen molar-refractivity contribution in [2.45, 2.75) is 39.5 Å². The fourth-order valence-corrected chi connectivity index (χ4v) is 3.29. The van der Waals surface area contributed by atoms with E-state index in [4.69, 9.17) is 4.42 Å². The maximum absolute atomic E-state index is 5.24. The summed E-state index contributed by atoms with van der Waals surface area (Å²) >= 11 is 0. The number of hydrogen-bond acceptors (Lipinski definition) is 4. The molecule has 2 unspecified atom stereocenters. The molecule has 1 fully saturated rings. The third kappa shape index (κ3) is 3.43. The molecule has 3 rings (SSSR count). The minimum Gasteiger partial charge on any atom is -0.423 e. The first-order valence-corrected chi connectivity index (χ1v) is 7.83. The molecule has 1 heterocycles. The molecule has 21 heavy (non-hydrogen) atoms. The van der Waals surface area contributed by atoms with Gasteiger partial charge in [-0.05, 0) is 55.4 Å². The monoisotopic (exact) mass is 285 g/mol. The van der Waals surface area contributed by atoms with E-state index >= 15 is 0 Å². The summed E-state index contributed by atoms with van der Waals surface area (Å²) in [5, 5.41) is 11.3. The van der Waals surface area contributed by atoms with Crippen LogP contribution in [0.2, 0.25) is 0 Å². The van der Waals surface area contributed by atoms with Crippen molar-refractivity contribution >= 4 is 5.69 Å². The Morgan fingerprint density at radius 3 is 2.95 bits per heavy atom. The first-order valence-electron chi connectivity index (χ1n) is 7.83. The second-order valence-corrected chi connectivity index (χ2v) is 6.29. The lowest BCUT2D eigenvalue weighted by Crippen LogP contribution is -2.21. The normalized spacial score (nSPS) is 22.2. The Bertz CT molecular complexity index is 580. The summed E-state index contributed by atoms with van der Waals surface area (Å²) in [5.74, 6) is 2.26. The lowest BCUT2D eigenvalue weighted by Gasteiger charge is -2.27. The van der Waals surface area contributed by atoms with Crippen LogP contribution >= 0.6 is 0 Å². The van der Waals surface area contributed by atoms with E-state index in [2.05, 4.69) is 41.5 Å². The van der Waals surface area contributed by atoms with Crippen LogP contribution in [0.1, 0.15) is 38.2 Å². The largest absolute Gasteiger partial charge is 0.423 e. The van der Waals surface area contributed by atoms with Gasteiger partial charge in [0, 0.05) is 17.8 Å². The van der Waals surface area contributed by atoms with Gasteiger partial charge in [-0.25, -0.2) is 0 Å². The van der Waals surface area contributed by atoms with Crippen LogP contribution < -0.4 is 5.32 Å². The smallest absolute Gasteiger partial charge is 0.247 e. The summed E-state index contributed by atoms with van der Waals surface area (Å²) in [4.78, 5) is 0. The fourth-order valence-electron chi connectivity index (χ4n) is 3.29. The van der Waals surface area contributed by atoms with Gasteiger partial charge in [-0.3, -0.25) is 0 Å². The van der Waals surface area contributed by atoms with Gasteiger partial charge in [-0.2, -0.15) is 0 Å². The molecule has 1 aromatic heterocycles. The zero-order valence-electron chi connectivity index (χ0n) is 12.8. The van der Waals surface area contributed by atoms with Crippen molar-refractivity contribution in [3.8, 4) is 11.5 Å². The topological polar surface area (TPSA) is 51.0 Å². The number of nitrogens with one attached hydrogen (secondary N) is 1. The predicted molar refractivity (Wildman–Crippen MR) is 84.1 cm³/mol. The number of benzene rings is 1. The van der Waals surface area contributed by atoms with Gasteiger partial charge in [-0.1, -0.05) is 19.8 Å². The maximum atomic E-state index is 5.24. The van der Waals surface area contributed by atoms with Gasteiger partial charge in [0.25, 0.3) is 0 Å². The third-order valence-electron chi connectivity index (χ3n) is 4.46. The molecule has 0 bridgehead atoms. The Hall–Kier alpha value is -1.84. The van der Waals surface area contributed by atoms with Crippen LogP contribution in [0, 0.1) is 18.8 Å². The van der Waals surface area contributed by atoms with E-state index in [0.29, 0.717) is 5.89 Å². The number of anilines is 1. The first-order chi connectivity index (χ1) is 10.2. The molecule has 0 radical (unpaired) electrons. The van der Waals surface area contributed by atoms with Crippen molar-refractivity contribution in [1.82, 2.24) is 10.2 Å². The molecule has 2 aromatic rings. The highest BCUT2D eigenvalue weighted by atomic mass is 16.4. The van der Waals surface area contributed by atoms with E-state index < -0.39 is 0 Å². The van der Waals surface area contributed by atoms with Crippen molar-refractivity contribution in [1.29, 1.82) is 0 Å². The standard InChI is InChI=1S/C17H23N3O/c1-12-4-3-5-14(8-12)10-18-16-7-6-15(9-13(16)2)17-20-19-11-21-17/h6-7,9,11-12,14,18H,3-5,8,10H2,1-2H3. The molecule has 1 aliphatic carbocycles. The van der Waals surface area contributed by atoms with Crippen molar-refractivity contribution in [3.63, 3.8) is 0 Å². The van der Waals surface area contributed by atoms with Crippen LogP contribution in [0.25, 0.3) is 11.5 Å². The summed E-state index contributed by atoms with van der Waals surface area (Å²) in [5.41, 5.74) is 3.40. The molecule has 0 amide bonds. The van der Waals surface area contributed by atoms with Gasteiger partial charge in [-0.15, -0.1) is 10.2 Å². The van der Waals surface area contributed by atoms with Gasteiger partial charge in [0.05, 0.1) is 0 Å². The van der Waals surface area contributed by atoms with Crippen LogP contribution in [0.3, 0.4) is 0 Å². The molecule has 4 nitrogen and oxygen atoms in total. The van der Waals surface area contributed by atoms with Crippen LogP contribution in [0.15, 0.2) is 29.0 Å². The van der Waals surface area contributed by atoms with Crippen molar-refractivity contribution in [3.05, 3.63) is 30.2 Å². The van der Waals surface area contributed by atoms with Crippen LogP contribution in [0.5, 0.6) is 0 Å². The van der Waals surface area contributed by atoms with Crippen LogP contribution in [-0.4, -0.2) is 16.7 Å². The first kappa shape index (κ1) is 14.1. The Morgan fingerprint density at radius 1 is 1.33 bits per heavy atom. The fraction of sp³-hybridized carbons (Fsp3) is 0.529. The SMILES string of the molecule is Cc1cc(-c2nnco2)ccc1NCC1CCCC(C)C1. The molecule has 1 aromatic carbocycles. The van der Waals surface area contributed by atoms with Crippen LogP contribution in [0.4, 0.5) is 5.69 Å². The quantitative estimate of drug-likeness (QED) is 0.910. The lowest BCUT2D eigenvalue weighted by atomic mass is 9.82. The molecule has 0 aliphatic heterocycles. The van der Waals surface area contributed by atoms with Crippen LogP contribution in [-0.2, 0) is 0 Å². The highest BCUT2D eigenvalue weighted by Crippen LogP contribution is 2.29. The summed E-state index contributed by atoms with van der Waals surface area (Å²) < 4.78 is 5.24. The zero-order valence-corrected chi connectivity index (χ0v) is 12.8. The molecule has 0 spiro atoms. The molecule has 4 heteroatoms. The minimum atomic E-state index is 0.575. The minimum absolute atomic E-state index is 0.575. The molecule has 0 saturated heterocycles. The van der Waals surface area contributed by atoms with Gasteiger partial charge >= 0.3 is 0 Å². The summed E-state index contributed by atoms with van der Waals surface area (Å²) in [7, 11) is 0. The second kappa shape index (κ2) is 6.29. The highest BCUT2D eigenvalue weighted by Gasteiger charge is 2.18. The average Bonchev–Trinajstić information content (AvgIpc) is 3.00.